The van der Waals surface area contributed by atoms with Crippen LogP contribution in [-0.2, 0) is 16.4 Å². The fraction of sp³-hybridized carbons (Fsp3) is 0.250. The number of aryl methyl sites for hydroxylation is 2. The number of hydrogen-bond acceptors (Lipinski definition) is 2. The highest BCUT2D eigenvalue weighted by molar-refractivity contribution is 9.10. The van der Waals surface area contributed by atoms with Crippen LogP contribution >= 0.6 is 15.9 Å². The lowest BCUT2D eigenvalue weighted by atomic mass is 10.1. The van der Waals surface area contributed by atoms with E-state index in [1.165, 1.54) is 0 Å². The van der Waals surface area contributed by atoms with Crippen LogP contribution < -0.4 is 4.72 Å². The summed E-state index contributed by atoms with van der Waals surface area (Å²) in [5.41, 5.74) is 2.69. The molecule has 2 aromatic rings. The van der Waals surface area contributed by atoms with Gasteiger partial charge in [-0.05, 0) is 54.8 Å². The summed E-state index contributed by atoms with van der Waals surface area (Å²) in [5, 5.41) is 0. The van der Waals surface area contributed by atoms with Gasteiger partial charge in [0.1, 0.15) is 0 Å². The molecule has 0 aromatic heterocycles. The Bertz CT molecular complexity index is 724. The molecule has 0 atom stereocenters. The molecule has 0 saturated carbocycles. The van der Waals surface area contributed by atoms with Gasteiger partial charge < -0.3 is 0 Å². The first-order chi connectivity index (χ1) is 9.92. The van der Waals surface area contributed by atoms with E-state index in [-0.39, 0.29) is 4.90 Å². The van der Waals surface area contributed by atoms with Crippen molar-refractivity contribution in [1.29, 1.82) is 0 Å². The molecular weight excluding hydrogens is 350 g/mol. The number of halogens is 1. The molecule has 21 heavy (non-hydrogen) atoms. The average Bonchev–Trinajstić information content (AvgIpc) is 2.44. The second kappa shape index (κ2) is 6.62. The van der Waals surface area contributed by atoms with Crippen LogP contribution in [0.25, 0.3) is 0 Å². The van der Waals surface area contributed by atoms with Crippen LogP contribution in [0, 0.1) is 6.92 Å². The lowest BCUT2D eigenvalue weighted by Crippen LogP contribution is -2.13. The predicted molar refractivity (Wildman–Crippen MR) is 90.1 cm³/mol. The summed E-state index contributed by atoms with van der Waals surface area (Å²) < 4.78 is 28.2. The number of benzene rings is 2. The Hall–Kier alpha value is -1.33. The minimum absolute atomic E-state index is 0.280. The van der Waals surface area contributed by atoms with Crippen molar-refractivity contribution >= 4 is 31.6 Å². The highest BCUT2D eigenvalue weighted by Crippen LogP contribution is 2.22. The maximum Gasteiger partial charge on any atom is 0.261 e. The van der Waals surface area contributed by atoms with E-state index in [1.807, 2.05) is 25.1 Å². The highest BCUT2D eigenvalue weighted by Gasteiger charge is 2.14. The van der Waals surface area contributed by atoms with Crippen LogP contribution in [0.5, 0.6) is 0 Å². The van der Waals surface area contributed by atoms with E-state index in [9.17, 15) is 8.42 Å². The van der Waals surface area contributed by atoms with E-state index < -0.39 is 10.0 Å². The highest BCUT2D eigenvalue weighted by atomic mass is 79.9. The lowest BCUT2D eigenvalue weighted by molar-refractivity contribution is 0.601. The van der Waals surface area contributed by atoms with Crippen LogP contribution in [0.4, 0.5) is 5.69 Å². The number of rotatable bonds is 5. The van der Waals surface area contributed by atoms with Gasteiger partial charge in [0.05, 0.1) is 4.90 Å². The molecule has 0 unspecified atom stereocenters. The standard InChI is InChI=1S/C16H18BrNO2S/c1-3-4-13-5-8-15(9-6-13)21(19,20)18-14-7-10-16(17)12(2)11-14/h5-11,18H,3-4H2,1-2H3. The molecule has 0 aliphatic rings. The van der Waals surface area contributed by atoms with Crippen LogP contribution in [0.3, 0.4) is 0 Å². The fourth-order valence-electron chi connectivity index (χ4n) is 2.05. The quantitative estimate of drug-likeness (QED) is 0.844. The minimum Gasteiger partial charge on any atom is -0.280 e. The second-order valence-corrected chi connectivity index (χ2v) is 7.50. The monoisotopic (exact) mass is 367 g/mol. The van der Waals surface area contributed by atoms with Crippen molar-refractivity contribution in [2.75, 3.05) is 4.72 Å². The summed E-state index contributed by atoms with van der Waals surface area (Å²) in [7, 11) is -3.54. The maximum absolute atomic E-state index is 12.3. The summed E-state index contributed by atoms with van der Waals surface area (Å²) in [4.78, 5) is 0.280. The minimum atomic E-state index is -3.54. The van der Waals surface area contributed by atoms with E-state index in [2.05, 4.69) is 27.6 Å². The summed E-state index contributed by atoms with van der Waals surface area (Å²) in [6.07, 6.45) is 2.00. The van der Waals surface area contributed by atoms with E-state index in [0.29, 0.717) is 5.69 Å². The van der Waals surface area contributed by atoms with Gasteiger partial charge >= 0.3 is 0 Å². The third kappa shape index (κ3) is 4.08. The maximum atomic E-state index is 12.3. The molecule has 112 valence electrons. The summed E-state index contributed by atoms with van der Waals surface area (Å²) in [5.74, 6) is 0. The molecule has 0 radical (unpaired) electrons. The normalized spacial score (nSPS) is 11.4. The Balaban J connectivity index is 2.23. The lowest BCUT2D eigenvalue weighted by Gasteiger charge is -2.10. The van der Waals surface area contributed by atoms with Gasteiger partial charge in [-0.25, -0.2) is 8.42 Å². The molecule has 1 N–H and O–H groups in total. The molecule has 0 spiro atoms. The zero-order valence-electron chi connectivity index (χ0n) is 12.1. The van der Waals surface area contributed by atoms with Gasteiger partial charge in [0.2, 0.25) is 0 Å². The van der Waals surface area contributed by atoms with Gasteiger partial charge in [-0.1, -0.05) is 41.4 Å². The third-order valence-electron chi connectivity index (χ3n) is 3.18. The van der Waals surface area contributed by atoms with Crippen LogP contribution in [-0.4, -0.2) is 8.42 Å². The van der Waals surface area contributed by atoms with E-state index >= 15 is 0 Å². The zero-order valence-corrected chi connectivity index (χ0v) is 14.5. The van der Waals surface area contributed by atoms with Crippen LogP contribution in [0.15, 0.2) is 51.8 Å². The van der Waals surface area contributed by atoms with Crippen molar-refractivity contribution in [3.8, 4) is 0 Å². The predicted octanol–water partition coefficient (Wildman–Crippen LogP) is 4.51. The molecule has 0 aliphatic heterocycles. The van der Waals surface area contributed by atoms with Gasteiger partial charge in [0.25, 0.3) is 10.0 Å². The molecule has 0 bridgehead atoms. The van der Waals surface area contributed by atoms with Crippen molar-refractivity contribution in [2.45, 2.75) is 31.6 Å². The van der Waals surface area contributed by atoms with Gasteiger partial charge in [0.15, 0.2) is 0 Å². The second-order valence-electron chi connectivity index (χ2n) is 4.96. The van der Waals surface area contributed by atoms with E-state index in [4.69, 9.17) is 0 Å². The molecule has 2 rings (SSSR count). The Morgan fingerprint density at radius 2 is 1.76 bits per heavy atom. The molecule has 0 saturated heterocycles. The topological polar surface area (TPSA) is 46.2 Å². The zero-order chi connectivity index (χ0) is 15.5. The van der Waals surface area contributed by atoms with Gasteiger partial charge in [0, 0.05) is 10.2 Å². The molecule has 0 amide bonds. The molecule has 0 fully saturated rings. The largest absolute Gasteiger partial charge is 0.280 e. The van der Waals surface area contributed by atoms with E-state index in [0.717, 1.165) is 28.4 Å². The third-order valence-corrected chi connectivity index (χ3v) is 5.47. The van der Waals surface area contributed by atoms with Crippen molar-refractivity contribution in [2.24, 2.45) is 0 Å². The van der Waals surface area contributed by atoms with E-state index in [1.54, 1.807) is 24.3 Å². The number of nitrogens with one attached hydrogen (secondary N) is 1. The van der Waals surface area contributed by atoms with Gasteiger partial charge in [-0.3, -0.25) is 4.72 Å². The molecule has 0 aliphatic carbocycles. The van der Waals surface area contributed by atoms with Crippen molar-refractivity contribution in [3.63, 3.8) is 0 Å². The summed E-state index contributed by atoms with van der Waals surface area (Å²) in [6.45, 7) is 4.02. The Labute approximate surface area is 134 Å². The van der Waals surface area contributed by atoms with Crippen LogP contribution in [0.1, 0.15) is 24.5 Å². The number of hydrogen-bond donors (Lipinski definition) is 1. The first-order valence-corrected chi connectivity index (χ1v) is 9.08. The average molecular weight is 368 g/mol. The molecule has 2 aromatic carbocycles. The number of anilines is 1. The first kappa shape index (κ1) is 16.0. The van der Waals surface area contributed by atoms with Gasteiger partial charge in [-0.2, -0.15) is 0 Å². The Kier molecular flexibility index (Phi) is 5.06. The smallest absolute Gasteiger partial charge is 0.261 e. The van der Waals surface area contributed by atoms with Crippen molar-refractivity contribution in [3.05, 3.63) is 58.1 Å². The molecule has 5 heteroatoms. The molecule has 0 heterocycles. The molecule has 3 nitrogen and oxygen atoms in total. The van der Waals surface area contributed by atoms with Crippen molar-refractivity contribution < 1.29 is 8.42 Å². The molecular formula is C16H18BrNO2S. The first-order valence-electron chi connectivity index (χ1n) is 6.80. The number of sulfonamides is 1. The Morgan fingerprint density at radius 1 is 1.10 bits per heavy atom. The van der Waals surface area contributed by atoms with Crippen molar-refractivity contribution in [1.82, 2.24) is 0 Å². The SMILES string of the molecule is CCCc1ccc(S(=O)(=O)Nc2ccc(Br)c(C)c2)cc1. The Morgan fingerprint density at radius 3 is 2.33 bits per heavy atom. The summed E-state index contributed by atoms with van der Waals surface area (Å²) in [6, 6.07) is 12.4. The summed E-state index contributed by atoms with van der Waals surface area (Å²) >= 11 is 3.40. The fourth-order valence-corrected chi connectivity index (χ4v) is 3.34. The van der Waals surface area contributed by atoms with Crippen LogP contribution in [0.2, 0.25) is 0 Å². The van der Waals surface area contributed by atoms with Gasteiger partial charge in [-0.15, -0.1) is 0 Å².